The number of thiophene rings is 1. The fraction of sp³-hybridized carbons (Fsp3) is 0.381. The molecule has 1 aromatic heterocycles. The standard InChI is InChI=1S/C21H25BrN4O4S/c1-13-12-14(6-7-15(13)26-11-5-4-10-23-19(26)28)24-18(27)21(2,3)25-20(29)30-17-9-8-16(22)31-17/h6-9,12H,4-5,10-11H2,1-3H3,(H,23,28)(H,24,27)(H,25,29). The lowest BCUT2D eigenvalue weighted by Gasteiger charge is -2.25. The third-order valence-electron chi connectivity index (χ3n) is 4.80. The van der Waals surface area contributed by atoms with Gasteiger partial charge in [0.1, 0.15) is 5.54 Å². The molecule has 0 radical (unpaired) electrons. The predicted octanol–water partition coefficient (Wildman–Crippen LogP) is 4.63. The van der Waals surface area contributed by atoms with Gasteiger partial charge in [0.15, 0.2) is 5.06 Å². The van der Waals surface area contributed by atoms with Crippen LogP contribution in [-0.2, 0) is 4.79 Å². The van der Waals surface area contributed by atoms with E-state index in [1.165, 1.54) is 11.3 Å². The summed E-state index contributed by atoms with van der Waals surface area (Å²) < 4.78 is 6.05. The van der Waals surface area contributed by atoms with Crippen LogP contribution in [0.25, 0.3) is 0 Å². The minimum Gasteiger partial charge on any atom is -0.399 e. The number of urea groups is 1. The van der Waals surface area contributed by atoms with Gasteiger partial charge in [0, 0.05) is 24.5 Å². The highest BCUT2D eigenvalue weighted by Gasteiger charge is 2.31. The Bertz CT molecular complexity index is 992. The number of ether oxygens (including phenoxy) is 1. The first-order valence-electron chi connectivity index (χ1n) is 9.88. The SMILES string of the molecule is Cc1cc(NC(=O)C(C)(C)NC(=O)Oc2ccc(Br)s2)ccc1N1CCCCNC1=O. The first-order chi connectivity index (χ1) is 14.7. The number of halogens is 1. The average Bonchev–Trinajstić information content (AvgIpc) is 2.96. The lowest BCUT2D eigenvalue weighted by molar-refractivity contribution is -0.121. The minimum atomic E-state index is -1.21. The van der Waals surface area contributed by atoms with Crippen LogP contribution in [0.2, 0.25) is 0 Å². The molecule has 0 bridgehead atoms. The van der Waals surface area contributed by atoms with Crippen LogP contribution in [-0.4, -0.2) is 36.7 Å². The highest BCUT2D eigenvalue weighted by Crippen LogP contribution is 2.29. The molecule has 2 heterocycles. The molecule has 0 spiro atoms. The summed E-state index contributed by atoms with van der Waals surface area (Å²) in [6.07, 6.45) is 1.16. The number of anilines is 2. The predicted molar refractivity (Wildman–Crippen MR) is 125 cm³/mol. The number of rotatable bonds is 5. The summed E-state index contributed by atoms with van der Waals surface area (Å²) in [4.78, 5) is 38.9. The van der Waals surface area contributed by atoms with Gasteiger partial charge in [-0.25, -0.2) is 9.59 Å². The smallest absolute Gasteiger partial charge is 0.399 e. The summed E-state index contributed by atoms with van der Waals surface area (Å²) in [5.41, 5.74) is 1.04. The fourth-order valence-corrected chi connectivity index (χ4v) is 4.31. The molecule has 2 aromatic rings. The third-order valence-corrected chi connectivity index (χ3v) is 6.30. The highest BCUT2D eigenvalue weighted by atomic mass is 79.9. The van der Waals surface area contributed by atoms with Crippen molar-refractivity contribution in [3.8, 4) is 5.06 Å². The Morgan fingerprint density at radius 2 is 2.00 bits per heavy atom. The molecule has 4 amide bonds. The van der Waals surface area contributed by atoms with Crippen LogP contribution in [0.15, 0.2) is 34.1 Å². The number of amides is 4. The van der Waals surface area contributed by atoms with Crippen molar-refractivity contribution in [3.63, 3.8) is 0 Å². The van der Waals surface area contributed by atoms with E-state index in [9.17, 15) is 14.4 Å². The minimum absolute atomic E-state index is 0.112. The van der Waals surface area contributed by atoms with E-state index in [0.29, 0.717) is 23.8 Å². The van der Waals surface area contributed by atoms with Crippen LogP contribution in [0.4, 0.5) is 21.0 Å². The van der Waals surface area contributed by atoms with Gasteiger partial charge in [-0.1, -0.05) is 11.3 Å². The largest absolute Gasteiger partial charge is 0.414 e. The summed E-state index contributed by atoms with van der Waals surface area (Å²) in [5, 5.41) is 8.71. The van der Waals surface area contributed by atoms with E-state index in [2.05, 4.69) is 31.9 Å². The maximum Gasteiger partial charge on any atom is 0.414 e. The summed E-state index contributed by atoms with van der Waals surface area (Å²) in [6, 6.07) is 8.69. The molecule has 3 N–H and O–H groups in total. The van der Waals surface area contributed by atoms with Crippen molar-refractivity contribution < 1.29 is 19.1 Å². The Labute approximate surface area is 193 Å². The number of carbonyl (C=O) groups excluding carboxylic acids is 3. The zero-order valence-electron chi connectivity index (χ0n) is 17.6. The summed E-state index contributed by atoms with van der Waals surface area (Å²) in [5.74, 6) is -0.392. The molecule has 1 aliphatic heterocycles. The number of benzene rings is 1. The first-order valence-corrected chi connectivity index (χ1v) is 11.5. The third kappa shape index (κ3) is 5.98. The lowest BCUT2D eigenvalue weighted by atomic mass is 10.0. The Balaban J connectivity index is 1.64. The van der Waals surface area contributed by atoms with Gasteiger partial charge in [-0.3, -0.25) is 9.69 Å². The van der Waals surface area contributed by atoms with Crippen molar-refractivity contribution in [3.05, 3.63) is 39.7 Å². The summed E-state index contributed by atoms with van der Waals surface area (Å²) >= 11 is 4.57. The van der Waals surface area contributed by atoms with Crippen LogP contribution < -0.4 is 25.6 Å². The van der Waals surface area contributed by atoms with Gasteiger partial charge in [0.2, 0.25) is 5.91 Å². The maximum atomic E-state index is 12.8. The van der Waals surface area contributed by atoms with Crippen LogP contribution in [0.5, 0.6) is 5.06 Å². The molecule has 0 atom stereocenters. The number of hydrogen-bond acceptors (Lipinski definition) is 5. The Kier molecular flexibility index (Phi) is 7.22. The number of hydrogen-bond donors (Lipinski definition) is 3. The number of aryl methyl sites for hydroxylation is 1. The van der Waals surface area contributed by atoms with Crippen molar-refractivity contribution in [1.82, 2.24) is 10.6 Å². The topological polar surface area (TPSA) is 99.8 Å². The summed E-state index contributed by atoms with van der Waals surface area (Å²) in [6.45, 7) is 6.41. The van der Waals surface area contributed by atoms with Crippen LogP contribution in [0, 0.1) is 6.92 Å². The molecule has 1 aliphatic rings. The molecule has 1 aromatic carbocycles. The van der Waals surface area contributed by atoms with Crippen molar-refractivity contribution in [2.24, 2.45) is 0 Å². The highest BCUT2D eigenvalue weighted by molar-refractivity contribution is 9.11. The molecule has 166 valence electrons. The van der Waals surface area contributed by atoms with E-state index < -0.39 is 17.5 Å². The van der Waals surface area contributed by atoms with E-state index in [1.54, 1.807) is 36.9 Å². The normalized spacial score (nSPS) is 14.5. The van der Waals surface area contributed by atoms with Gasteiger partial charge in [0.05, 0.1) is 3.79 Å². The monoisotopic (exact) mass is 508 g/mol. The van der Waals surface area contributed by atoms with Crippen LogP contribution in [0.3, 0.4) is 0 Å². The van der Waals surface area contributed by atoms with Gasteiger partial charge in [0.25, 0.3) is 0 Å². The van der Waals surface area contributed by atoms with Gasteiger partial charge in [-0.2, -0.15) is 0 Å². The first kappa shape index (κ1) is 23.1. The second-order valence-electron chi connectivity index (χ2n) is 7.74. The van der Waals surface area contributed by atoms with E-state index in [1.807, 2.05) is 19.1 Å². The molecule has 0 saturated carbocycles. The second kappa shape index (κ2) is 9.69. The molecule has 3 rings (SSSR count). The molecule has 1 saturated heterocycles. The van der Waals surface area contributed by atoms with Crippen molar-refractivity contribution in [1.29, 1.82) is 0 Å². The molecule has 8 nitrogen and oxygen atoms in total. The van der Waals surface area contributed by atoms with Gasteiger partial charge in [-0.05, 0) is 85.4 Å². The van der Waals surface area contributed by atoms with Crippen LogP contribution in [0.1, 0.15) is 32.3 Å². The van der Waals surface area contributed by atoms with Gasteiger partial charge < -0.3 is 20.7 Å². The van der Waals surface area contributed by atoms with E-state index in [4.69, 9.17) is 4.74 Å². The molecule has 1 fully saturated rings. The molecule has 10 heteroatoms. The quantitative estimate of drug-likeness (QED) is 0.547. The summed E-state index contributed by atoms with van der Waals surface area (Å²) in [7, 11) is 0. The van der Waals surface area contributed by atoms with Gasteiger partial charge in [-0.15, -0.1) is 0 Å². The Hall–Kier alpha value is -2.59. The lowest BCUT2D eigenvalue weighted by Crippen LogP contribution is -2.53. The van der Waals surface area contributed by atoms with Crippen molar-refractivity contribution in [2.45, 2.75) is 39.2 Å². The molecular formula is C21H25BrN4O4S. The fourth-order valence-electron chi connectivity index (χ4n) is 3.12. The van der Waals surface area contributed by atoms with Gasteiger partial charge >= 0.3 is 12.1 Å². The van der Waals surface area contributed by atoms with Crippen LogP contribution >= 0.6 is 27.3 Å². The van der Waals surface area contributed by atoms with Crippen molar-refractivity contribution in [2.75, 3.05) is 23.3 Å². The zero-order valence-corrected chi connectivity index (χ0v) is 20.0. The van der Waals surface area contributed by atoms with Crippen molar-refractivity contribution >= 4 is 56.7 Å². The number of nitrogens with zero attached hydrogens (tertiary/aromatic N) is 1. The van der Waals surface area contributed by atoms with E-state index in [-0.39, 0.29) is 6.03 Å². The molecule has 0 aliphatic carbocycles. The van der Waals surface area contributed by atoms with E-state index in [0.717, 1.165) is 27.9 Å². The maximum absolute atomic E-state index is 12.8. The molecule has 31 heavy (non-hydrogen) atoms. The Morgan fingerprint density at radius 3 is 2.68 bits per heavy atom. The number of carbonyl (C=O) groups is 3. The molecular weight excluding hydrogens is 484 g/mol. The zero-order chi connectivity index (χ0) is 22.6. The average molecular weight is 509 g/mol. The second-order valence-corrected chi connectivity index (χ2v) is 10.2. The molecule has 0 unspecified atom stereocenters. The Morgan fingerprint density at radius 1 is 1.23 bits per heavy atom. The van der Waals surface area contributed by atoms with E-state index >= 15 is 0 Å². The number of nitrogens with one attached hydrogen (secondary N) is 3.